The lowest BCUT2D eigenvalue weighted by Gasteiger charge is -2.45. The molecule has 0 amide bonds. The molecule has 14 nitrogen and oxygen atoms in total. The van der Waals surface area contributed by atoms with E-state index in [-0.39, 0.29) is 13.2 Å². The van der Waals surface area contributed by atoms with E-state index >= 15 is 0 Å². The van der Waals surface area contributed by atoms with Gasteiger partial charge in [-0.15, -0.1) is 0 Å². The van der Waals surface area contributed by atoms with E-state index in [1.165, 1.54) is 19.0 Å². The second-order valence-corrected chi connectivity index (χ2v) is 6.96. The molecule has 2 rings (SSSR count). The summed E-state index contributed by atoms with van der Waals surface area (Å²) < 4.78 is 31.5. The van der Waals surface area contributed by atoms with Gasteiger partial charge < -0.3 is 28.4 Å². The number of rotatable bonds is 7. The van der Waals surface area contributed by atoms with Gasteiger partial charge in [0.05, 0.1) is 13.7 Å². The first-order valence-corrected chi connectivity index (χ1v) is 9.59. The van der Waals surface area contributed by atoms with Gasteiger partial charge in [0.1, 0.15) is 12.7 Å². The lowest BCUT2D eigenvalue weighted by atomic mass is 9.96. The Hall–Kier alpha value is -3.29. The molecule has 178 valence electrons. The van der Waals surface area contributed by atoms with Crippen molar-refractivity contribution in [2.24, 2.45) is 10.3 Å². The van der Waals surface area contributed by atoms with Gasteiger partial charge >= 0.3 is 29.8 Å². The summed E-state index contributed by atoms with van der Waals surface area (Å²) in [5.74, 6) is -3.53. The van der Waals surface area contributed by atoms with Gasteiger partial charge in [-0.2, -0.15) is 5.11 Å². The quantitative estimate of drug-likeness (QED) is 0.347. The van der Waals surface area contributed by atoms with Crippen molar-refractivity contribution in [3.05, 3.63) is 0 Å². The first kappa shape index (κ1) is 25.0. The van der Waals surface area contributed by atoms with Crippen LogP contribution in [-0.2, 0) is 52.4 Å². The molecule has 2 heterocycles. The summed E-state index contributed by atoms with van der Waals surface area (Å²) in [6.07, 6.45) is -6.31. The summed E-state index contributed by atoms with van der Waals surface area (Å²) in [7, 11) is 1.19. The Morgan fingerprint density at radius 1 is 0.875 bits per heavy atom. The molecule has 0 bridgehead atoms. The highest BCUT2D eigenvalue weighted by Gasteiger charge is 2.55. The summed E-state index contributed by atoms with van der Waals surface area (Å²) in [6, 6.07) is -0.966. The third-order valence-corrected chi connectivity index (χ3v) is 4.40. The van der Waals surface area contributed by atoms with Crippen LogP contribution in [0.25, 0.3) is 0 Å². The number of nitrogens with zero attached hydrogens (tertiary/aromatic N) is 3. The van der Waals surface area contributed by atoms with Crippen LogP contribution in [0, 0.1) is 0 Å². The van der Waals surface area contributed by atoms with E-state index in [0.717, 1.165) is 20.8 Å². The van der Waals surface area contributed by atoms with Crippen molar-refractivity contribution in [2.75, 3.05) is 20.3 Å². The SMILES string of the molecule is COC(=O)C1CN([C@@H]2O[C@H](COC(C)=O)[C@@H](OC(C)=O)[C@H](OC(C)=O)[C@H]2OC(C)=O)N=N1. The van der Waals surface area contributed by atoms with Crippen molar-refractivity contribution in [1.29, 1.82) is 0 Å². The summed E-state index contributed by atoms with van der Waals surface area (Å²) >= 11 is 0. The van der Waals surface area contributed by atoms with E-state index in [1.807, 2.05) is 0 Å². The van der Waals surface area contributed by atoms with Gasteiger partial charge in [0.2, 0.25) is 0 Å². The van der Waals surface area contributed by atoms with Gasteiger partial charge in [-0.05, 0) is 0 Å². The number of ether oxygens (including phenoxy) is 6. The Labute approximate surface area is 183 Å². The molecular formula is C18H25N3O11. The van der Waals surface area contributed by atoms with Crippen molar-refractivity contribution in [2.45, 2.75) is 64.4 Å². The first-order valence-electron chi connectivity index (χ1n) is 9.59. The second-order valence-electron chi connectivity index (χ2n) is 6.96. The molecule has 0 radical (unpaired) electrons. The molecule has 14 heteroatoms. The van der Waals surface area contributed by atoms with E-state index < -0.39 is 66.5 Å². The van der Waals surface area contributed by atoms with E-state index in [4.69, 9.17) is 23.7 Å². The maximum Gasteiger partial charge on any atom is 0.334 e. The molecule has 0 aromatic carbocycles. The summed E-state index contributed by atoms with van der Waals surface area (Å²) in [4.78, 5) is 58.5. The third-order valence-electron chi connectivity index (χ3n) is 4.40. The van der Waals surface area contributed by atoms with Crippen LogP contribution in [0.2, 0.25) is 0 Å². The number of esters is 5. The van der Waals surface area contributed by atoms with Crippen LogP contribution in [-0.4, -0.2) is 91.8 Å². The van der Waals surface area contributed by atoms with Crippen molar-refractivity contribution in [3.63, 3.8) is 0 Å². The monoisotopic (exact) mass is 459 g/mol. The minimum Gasteiger partial charge on any atom is -0.467 e. The van der Waals surface area contributed by atoms with Crippen LogP contribution in [0.5, 0.6) is 0 Å². The topological polar surface area (TPSA) is 169 Å². The van der Waals surface area contributed by atoms with E-state index in [2.05, 4.69) is 15.1 Å². The molecule has 2 aliphatic heterocycles. The van der Waals surface area contributed by atoms with Crippen LogP contribution in [0.4, 0.5) is 0 Å². The normalized spacial score (nSPS) is 29.1. The lowest BCUT2D eigenvalue weighted by Crippen LogP contribution is -2.65. The minimum absolute atomic E-state index is 0.0968. The minimum atomic E-state index is -1.34. The molecule has 1 unspecified atom stereocenters. The fraction of sp³-hybridized carbons (Fsp3) is 0.722. The highest BCUT2D eigenvalue weighted by atomic mass is 16.7. The molecule has 0 aromatic heterocycles. The molecular weight excluding hydrogens is 434 g/mol. The fourth-order valence-corrected chi connectivity index (χ4v) is 3.24. The van der Waals surface area contributed by atoms with Gasteiger partial charge in [0, 0.05) is 27.7 Å². The van der Waals surface area contributed by atoms with E-state index in [9.17, 15) is 24.0 Å². The Bertz CT molecular complexity index is 786. The Morgan fingerprint density at radius 3 is 1.97 bits per heavy atom. The zero-order valence-corrected chi connectivity index (χ0v) is 18.2. The first-order chi connectivity index (χ1) is 15.0. The standard InChI is InChI=1S/C18H25N3O11/c1-8(22)28-7-13-14(29-9(2)23)15(30-10(3)24)16(31-11(4)25)17(32-13)21-6-12(19-20-21)18(26)27-5/h12-17H,6-7H2,1-5H3/t12?,13-,14-,15+,16-,17-/m1/s1. The summed E-state index contributed by atoms with van der Waals surface area (Å²) in [6.45, 7) is 4.05. The zero-order valence-electron chi connectivity index (χ0n) is 18.2. The van der Waals surface area contributed by atoms with Gasteiger partial charge in [-0.3, -0.25) is 19.2 Å². The van der Waals surface area contributed by atoms with Gasteiger partial charge in [-0.1, -0.05) is 5.22 Å². The molecule has 0 aliphatic carbocycles. The van der Waals surface area contributed by atoms with Crippen LogP contribution >= 0.6 is 0 Å². The summed E-state index contributed by atoms with van der Waals surface area (Å²) in [5, 5.41) is 8.89. The highest BCUT2D eigenvalue weighted by molar-refractivity contribution is 5.76. The molecule has 1 fully saturated rings. The average Bonchev–Trinajstić information content (AvgIpc) is 3.17. The molecule has 0 spiro atoms. The second kappa shape index (κ2) is 10.8. The van der Waals surface area contributed by atoms with Gasteiger partial charge in [0.15, 0.2) is 30.6 Å². The Morgan fingerprint density at radius 2 is 1.44 bits per heavy atom. The molecule has 1 saturated heterocycles. The summed E-state index contributed by atoms with van der Waals surface area (Å²) in [5.41, 5.74) is 0. The molecule has 2 aliphatic rings. The maximum atomic E-state index is 11.8. The molecule has 32 heavy (non-hydrogen) atoms. The predicted molar refractivity (Wildman–Crippen MR) is 99.3 cm³/mol. The molecule has 0 aromatic rings. The lowest BCUT2D eigenvalue weighted by molar-refractivity contribution is -0.278. The Balaban J connectivity index is 2.42. The zero-order chi connectivity index (χ0) is 24.0. The van der Waals surface area contributed by atoms with Gasteiger partial charge in [-0.25, -0.2) is 9.80 Å². The van der Waals surface area contributed by atoms with Crippen LogP contribution in [0.1, 0.15) is 27.7 Å². The number of carbonyl (C=O) groups is 5. The van der Waals surface area contributed by atoms with Crippen LogP contribution < -0.4 is 0 Å². The van der Waals surface area contributed by atoms with Crippen LogP contribution in [0.3, 0.4) is 0 Å². The van der Waals surface area contributed by atoms with Crippen molar-refractivity contribution >= 4 is 29.8 Å². The van der Waals surface area contributed by atoms with Crippen molar-refractivity contribution in [3.8, 4) is 0 Å². The largest absolute Gasteiger partial charge is 0.467 e. The van der Waals surface area contributed by atoms with Crippen LogP contribution in [0.15, 0.2) is 10.3 Å². The predicted octanol–water partition coefficient (Wildman–Crippen LogP) is -0.706. The van der Waals surface area contributed by atoms with Gasteiger partial charge in [0.25, 0.3) is 0 Å². The number of methoxy groups -OCH3 is 1. The number of hydrogen-bond acceptors (Lipinski definition) is 14. The molecule has 6 atom stereocenters. The molecule has 0 saturated carbocycles. The number of hydrogen-bond donors (Lipinski definition) is 0. The van der Waals surface area contributed by atoms with Crippen molar-refractivity contribution in [1.82, 2.24) is 5.01 Å². The van der Waals surface area contributed by atoms with E-state index in [1.54, 1.807) is 0 Å². The average molecular weight is 459 g/mol. The smallest absolute Gasteiger partial charge is 0.334 e. The van der Waals surface area contributed by atoms with Crippen molar-refractivity contribution < 1.29 is 52.4 Å². The maximum absolute atomic E-state index is 11.8. The van der Waals surface area contributed by atoms with E-state index in [0.29, 0.717) is 0 Å². The number of carbonyl (C=O) groups excluding carboxylic acids is 5. The molecule has 0 N–H and O–H groups in total. The highest BCUT2D eigenvalue weighted by Crippen LogP contribution is 2.32. The third kappa shape index (κ3) is 6.35. The fourth-order valence-electron chi connectivity index (χ4n) is 3.24. The Kier molecular flexibility index (Phi) is 8.46.